The lowest BCUT2D eigenvalue weighted by molar-refractivity contribution is -0.384. The average molecular weight is 278 g/mol. The molecule has 0 unspecified atom stereocenters. The molecule has 0 aliphatic carbocycles. The molecule has 0 saturated carbocycles. The molecule has 0 spiro atoms. The monoisotopic (exact) mass is 278 g/mol. The van der Waals surface area contributed by atoms with Crippen LogP contribution < -0.4 is 16.6 Å². The van der Waals surface area contributed by atoms with Crippen molar-refractivity contribution in [2.45, 2.75) is 6.42 Å². The van der Waals surface area contributed by atoms with E-state index in [0.717, 1.165) is 11.9 Å². The van der Waals surface area contributed by atoms with Crippen molar-refractivity contribution in [3.05, 3.63) is 34.3 Å². The highest BCUT2D eigenvalue weighted by molar-refractivity contribution is 5.56. The molecule has 0 amide bonds. The fraction of sp³-hybridized carbons (Fsp3) is 0.300. The zero-order chi connectivity index (χ0) is 14.5. The van der Waals surface area contributed by atoms with Gasteiger partial charge in [0.15, 0.2) is 0 Å². The Kier molecular flexibility index (Phi) is 4.05. The summed E-state index contributed by atoms with van der Waals surface area (Å²) in [5.41, 5.74) is 3.05. The number of anilines is 2. The number of hydrogen-bond acceptors (Lipinski definition) is 8. The molecule has 0 bridgehead atoms. The first-order valence-electron chi connectivity index (χ1n) is 5.80. The van der Waals surface area contributed by atoms with Crippen LogP contribution in [-0.4, -0.2) is 31.2 Å². The van der Waals surface area contributed by atoms with E-state index in [4.69, 9.17) is 5.84 Å². The van der Waals surface area contributed by atoms with Crippen molar-refractivity contribution in [1.29, 1.82) is 0 Å². The van der Waals surface area contributed by atoms with E-state index in [-0.39, 0.29) is 17.5 Å². The predicted octanol–water partition coefficient (Wildman–Crippen LogP) is 0.0585. The first-order valence-corrected chi connectivity index (χ1v) is 5.80. The van der Waals surface area contributed by atoms with E-state index in [1.807, 2.05) is 13.1 Å². The fourth-order valence-electron chi connectivity index (χ4n) is 1.66. The second-order valence-corrected chi connectivity index (χ2v) is 3.95. The maximum Gasteiger partial charge on any atom is 0.329 e. The van der Waals surface area contributed by atoms with Crippen LogP contribution in [0.25, 0.3) is 0 Å². The number of rotatable bonds is 6. The Hall–Kier alpha value is -2.75. The van der Waals surface area contributed by atoms with Crippen LogP contribution in [0.4, 0.5) is 17.5 Å². The molecule has 2 rings (SSSR count). The molecule has 0 aliphatic rings. The molecule has 0 atom stereocenters. The summed E-state index contributed by atoms with van der Waals surface area (Å²) in [5, 5.41) is 17.8. The SMILES string of the molecule is Cn1nccc1CCNc1nc(NN)ncc1[N+](=O)[O-]. The van der Waals surface area contributed by atoms with E-state index in [2.05, 4.69) is 25.8 Å². The van der Waals surface area contributed by atoms with Crippen LogP contribution in [0.1, 0.15) is 5.69 Å². The molecule has 0 saturated heterocycles. The number of nitrogen functional groups attached to an aromatic ring is 1. The molecule has 2 aromatic heterocycles. The minimum atomic E-state index is -0.549. The Morgan fingerprint density at radius 1 is 1.55 bits per heavy atom. The Morgan fingerprint density at radius 3 is 2.95 bits per heavy atom. The van der Waals surface area contributed by atoms with Gasteiger partial charge in [-0.1, -0.05) is 0 Å². The molecule has 20 heavy (non-hydrogen) atoms. The normalized spacial score (nSPS) is 10.3. The molecule has 2 heterocycles. The Morgan fingerprint density at radius 2 is 2.35 bits per heavy atom. The van der Waals surface area contributed by atoms with Crippen molar-refractivity contribution in [2.24, 2.45) is 12.9 Å². The molecule has 106 valence electrons. The minimum Gasteiger partial charge on any atom is -0.364 e. The number of hydrogen-bond donors (Lipinski definition) is 3. The highest BCUT2D eigenvalue weighted by Gasteiger charge is 2.16. The Balaban J connectivity index is 2.07. The molecule has 10 heteroatoms. The number of nitro groups is 1. The van der Waals surface area contributed by atoms with E-state index < -0.39 is 4.92 Å². The molecule has 0 fully saturated rings. The number of nitrogens with zero attached hydrogens (tertiary/aromatic N) is 5. The lowest BCUT2D eigenvalue weighted by Gasteiger charge is -2.07. The van der Waals surface area contributed by atoms with E-state index >= 15 is 0 Å². The van der Waals surface area contributed by atoms with Gasteiger partial charge in [0, 0.05) is 31.9 Å². The van der Waals surface area contributed by atoms with Crippen LogP contribution in [0.3, 0.4) is 0 Å². The van der Waals surface area contributed by atoms with Crippen molar-refractivity contribution in [1.82, 2.24) is 19.7 Å². The molecule has 2 aromatic rings. The van der Waals surface area contributed by atoms with Gasteiger partial charge < -0.3 is 5.32 Å². The van der Waals surface area contributed by atoms with Crippen LogP contribution in [0.15, 0.2) is 18.5 Å². The lowest BCUT2D eigenvalue weighted by atomic mass is 10.3. The van der Waals surface area contributed by atoms with Crippen molar-refractivity contribution in [3.63, 3.8) is 0 Å². The highest BCUT2D eigenvalue weighted by Crippen LogP contribution is 2.21. The average Bonchev–Trinajstić information content (AvgIpc) is 2.84. The van der Waals surface area contributed by atoms with Crippen molar-refractivity contribution >= 4 is 17.5 Å². The van der Waals surface area contributed by atoms with Gasteiger partial charge in [0.2, 0.25) is 11.8 Å². The number of nitrogens with two attached hydrogens (primary N) is 1. The molecule has 10 nitrogen and oxygen atoms in total. The standard InChI is InChI=1S/C10H14N8O2/c1-17-7(3-5-14-17)2-4-12-9-8(18(19)20)6-13-10(15-9)16-11/h3,5-6H,2,4,11H2,1H3,(H2,12,13,15,16). The zero-order valence-corrected chi connectivity index (χ0v) is 10.8. The van der Waals surface area contributed by atoms with Gasteiger partial charge in [-0.2, -0.15) is 10.1 Å². The highest BCUT2D eigenvalue weighted by atomic mass is 16.6. The second kappa shape index (κ2) is 5.93. The van der Waals surface area contributed by atoms with Crippen molar-refractivity contribution in [2.75, 3.05) is 17.3 Å². The predicted molar refractivity (Wildman–Crippen MR) is 71.9 cm³/mol. The Labute approximate surface area is 114 Å². The fourth-order valence-corrected chi connectivity index (χ4v) is 1.66. The van der Waals surface area contributed by atoms with E-state index in [0.29, 0.717) is 13.0 Å². The molecular formula is C10H14N8O2. The number of hydrazine groups is 1. The van der Waals surface area contributed by atoms with Crippen LogP contribution in [0.5, 0.6) is 0 Å². The van der Waals surface area contributed by atoms with Crippen LogP contribution in [0.2, 0.25) is 0 Å². The number of aryl methyl sites for hydroxylation is 1. The first-order chi connectivity index (χ1) is 9.61. The summed E-state index contributed by atoms with van der Waals surface area (Å²) in [6.45, 7) is 0.474. The third kappa shape index (κ3) is 2.98. The number of aromatic nitrogens is 4. The summed E-state index contributed by atoms with van der Waals surface area (Å²) in [7, 11) is 1.83. The lowest BCUT2D eigenvalue weighted by Crippen LogP contribution is -2.14. The topological polar surface area (TPSA) is 137 Å². The van der Waals surface area contributed by atoms with E-state index in [1.54, 1.807) is 10.9 Å². The summed E-state index contributed by atoms with van der Waals surface area (Å²) >= 11 is 0. The third-order valence-electron chi connectivity index (χ3n) is 2.69. The summed E-state index contributed by atoms with van der Waals surface area (Å²) < 4.78 is 1.74. The van der Waals surface area contributed by atoms with Crippen LogP contribution in [-0.2, 0) is 13.5 Å². The van der Waals surface area contributed by atoms with E-state index in [1.165, 1.54) is 0 Å². The van der Waals surface area contributed by atoms with Gasteiger partial charge in [-0.15, -0.1) is 0 Å². The molecule has 0 radical (unpaired) electrons. The number of nitrogens with one attached hydrogen (secondary N) is 2. The van der Waals surface area contributed by atoms with Gasteiger partial charge in [0.25, 0.3) is 0 Å². The molecule has 0 aromatic carbocycles. The summed E-state index contributed by atoms with van der Waals surface area (Å²) in [6.07, 6.45) is 3.45. The summed E-state index contributed by atoms with van der Waals surface area (Å²) in [5.74, 6) is 5.42. The van der Waals surface area contributed by atoms with Crippen LogP contribution >= 0.6 is 0 Å². The summed E-state index contributed by atoms with van der Waals surface area (Å²) in [4.78, 5) is 18.0. The smallest absolute Gasteiger partial charge is 0.329 e. The quantitative estimate of drug-likeness (QED) is 0.383. The first kappa shape index (κ1) is 13.7. The molecule has 4 N–H and O–H groups in total. The van der Waals surface area contributed by atoms with Gasteiger partial charge in [-0.25, -0.2) is 10.8 Å². The maximum atomic E-state index is 10.9. The van der Waals surface area contributed by atoms with Gasteiger partial charge in [0.1, 0.15) is 6.20 Å². The molecule has 0 aliphatic heterocycles. The largest absolute Gasteiger partial charge is 0.364 e. The van der Waals surface area contributed by atoms with Gasteiger partial charge in [-0.3, -0.25) is 20.2 Å². The zero-order valence-electron chi connectivity index (χ0n) is 10.8. The van der Waals surface area contributed by atoms with Crippen molar-refractivity contribution in [3.8, 4) is 0 Å². The van der Waals surface area contributed by atoms with Crippen molar-refractivity contribution < 1.29 is 4.92 Å². The van der Waals surface area contributed by atoms with Gasteiger partial charge in [-0.05, 0) is 6.07 Å². The summed E-state index contributed by atoms with van der Waals surface area (Å²) in [6, 6.07) is 1.88. The molecular weight excluding hydrogens is 264 g/mol. The maximum absolute atomic E-state index is 10.9. The second-order valence-electron chi connectivity index (χ2n) is 3.95. The van der Waals surface area contributed by atoms with Crippen LogP contribution in [0, 0.1) is 10.1 Å². The van der Waals surface area contributed by atoms with Gasteiger partial charge in [0.05, 0.1) is 4.92 Å². The van der Waals surface area contributed by atoms with Gasteiger partial charge >= 0.3 is 5.69 Å². The van der Waals surface area contributed by atoms with E-state index in [9.17, 15) is 10.1 Å². The minimum absolute atomic E-state index is 0.110. The third-order valence-corrected chi connectivity index (χ3v) is 2.69. The Bertz CT molecular complexity index is 611.